The number of hydrogen-bond acceptors (Lipinski definition) is 7. The van der Waals surface area contributed by atoms with Gasteiger partial charge in [-0.1, -0.05) is 5.16 Å². The molecule has 3 aromatic rings. The van der Waals surface area contributed by atoms with Crippen LogP contribution in [0.25, 0.3) is 22.2 Å². The Labute approximate surface area is 173 Å². The van der Waals surface area contributed by atoms with Crippen LogP contribution in [0.1, 0.15) is 28.9 Å². The van der Waals surface area contributed by atoms with Crippen molar-refractivity contribution in [3.05, 3.63) is 41.3 Å². The van der Waals surface area contributed by atoms with E-state index in [-0.39, 0.29) is 5.91 Å². The van der Waals surface area contributed by atoms with Crippen LogP contribution in [0.15, 0.2) is 40.9 Å². The molecule has 1 amide bonds. The minimum Gasteiger partial charge on any atom is -0.497 e. The van der Waals surface area contributed by atoms with Gasteiger partial charge in [-0.2, -0.15) is 4.98 Å². The van der Waals surface area contributed by atoms with Crippen LogP contribution in [0.3, 0.4) is 0 Å². The predicted octanol–water partition coefficient (Wildman–Crippen LogP) is 3.69. The second kappa shape index (κ2) is 9.19. The van der Waals surface area contributed by atoms with Gasteiger partial charge in [0.15, 0.2) is 0 Å². The Kier molecular flexibility index (Phi) is 6.21. The molecule has 1 N–H and O–H groups in total. The maximum Gasteiger partial charge on any atom is 0.261 e. The minimum atomic E-state index is -0.0541. The summed E-state index contributed by atoms with van der Waals surface area (Å²) in [6, 6.07) is 11.1. The number of benzene rings is 1. The first-order valence-electron chi connectivity index (χ1n) is 9.82. The molecule has 1 fully saturated rings. The Morgan fingerprint density at radius 3 is 2.76 bits per heavy atom. The molecule has 3 heterocycles. The van der Waals surface area contributed by atoms with Gasteiger partial charge in [-0.25, -0.2) is 0 Å². The van der Waals surface area contributed by atoms with E-state index in [4.69, 9.17) is 9.26 Å². The summed E-state index contributed by atoms with van der Waals surface area (Å²) in [5.41, 5.74) is 0.817. The average molecular weight is 413 g/mol. The summed E-state index contributed by atoms with van der Waals surface area (Å²) in [5, 5.41) is 7.05. The molecular formula is C21H24N4O3S. The van der Waals surface area contributed by atoms with E-state index in [1.54, 1.807) is 13.2 Å². The molecule has 4 rings (SSSR count). The minimum absolute atomic E-state index is 0.0541. The molecule has 0 bridgehead atoms. The normalized spacial score (nSPS) is 14.2. The third kappa shape index (κ3) is 4.83. The van der Waals surface area contributed by atoms with E-state index < -0.39 is 0 Å². The van der Waals surface area contributed by atoms with E-state index in [0.29, 0.717) is 23.1 Å². The number of aromatic nitrogens is 2. The van der Waals surface area contributed by atoms with Gasteiger partial charge in [0.2, 0.25) is 5.82 Å². The van der Waals surface area contributed by atoms with Gasteiger partial charge < -0.3 is 19.5 Å². The molecule has 0 spiro atoms. The number of methoxy groups -OCH3 is 1. The third-order valence-corrected chi connectivity index (χ3v) is 6.03. The van der Waals surface area contributed by atoms with Crippen molar-refractivity contribution < 1.29 is 14.1 Å². The first-order chi connectivity index (χ1) is 14.2. The number of nitrogens with zero attached hydrogens (tertiary/aromatic N) is 3. The number of likely N-dealkylation sites (tertiary alicyclic amines) is 1. The zero-order valence-corrected chi connectivity index (χ0v) is 17.2. The standard InChI is InChI=1S/C21H24N4O3S/c1-27-16-7-5-15(6-8-16)21-23-19(24-28-21)17-9-10-18(29-17)20(26)22-11-4-14-25-12-2-3-13-25/h5-10H,2-4,11-14H2,1H3,(H,22,26). The molecule has 7 nitrogen and oxygen atoms in total. The Morgan fingerprint density at radius 2 is 2.00 bits per heavy atom. The highest BCUT2D eigenvalue weighted by Crippen LogP contribution is 2.28. The fourth-order valence-corrected chi connectivity index (χ4v) is 4.20. The van der Waals surface area contributed by atoms with E-state index in [1.807, 2.05) is 30.3 Å². The molecular weight excluding hydrogens is 388 g/mol. The number of carbonyl (C=O) groups excluding carboxylic acids is 1. The molecule has 0 atom stereocenters. The maximum atomic E-state index is 12.4. The van der Waals surface area contributed by atoms with Crippen molar-refractivity contribution in [3.63, 3.8) is 0 Å². The molecule has 0 radical (unpaired) electrons. The van der Waals surface area contributed by atoms with Crippen molar-refractivity contribution in [1.29, 1.82) is 0 Å². The lowest BCUT2D eigenvalue weighted by molar-refractivity contribution is 0.0956. The van der Waals surface area contributed by atoms with E-state index in [0.717, 1.165) is 29.2 Å². The van der Waals surface area contributed by atoms with Crippen LogP contribution in [0.5, 0.6) is 5.75 Å². The van der Waals surface area contributed by atoms with Crippen molar-refractivity contribution in [2.45, 2.75) is 19.3 Å². The highest BCUT2D eigenvalue weighted by atomic mass is 32.1. The SMILES string of the molecule is COc1ccc(-c2nc(-c3ccc(C(=O)NCCCN4CCCC4)s3)no2)cc1. The molecule has 0 saturated carbocycles. The second-order valence-electron chi connectivity index (χ2n) is 6.97. The maximum absolute atomic E-state index is 12.4. The van der Waals surface area contributed by atoms with Gasteiger partial charge >= 0.3 is 0 Å². The first-order valence-corrected chi connectivity index (χ1v) is 10.6. The lowest BCUT2D eigenvalue weighted by Crippen LogP contribution is -2.28. The van der Waals surface area contributed by atoms with Gasteiger partial charge in [-0.05, 0) is 75.3 Å². The lowest BCUT2D eigenvalue weighted by Gasteiger charge is -2.14. The smallest absolute Gasteiger partial charge is 0.261 e. The zero-order valence-electron chi connectivity index (χ0n) is 16.4. The third-order valence-electron chi connectivity index (χ3n) is 4.95. The number of rotatable bonds is 8. The molecule has 29 heavy (non-hydrogen) atoms. The molecule has 152 valence electrons. The average Bonchev–Trinajstić information content (AvgIpc) is 3.52. The monoisotopic (exact) mass is 412 g/mol. The topological polar surface area (TPSA) is 80.5 Å². The summed E-state index contributed by atoms with van der Waals surface area (Å²) in [6.07, 6.45) is 3.56. The largest absolute Gasteiger partial charge is 0.497 e. The molecule has 8 heteroatoms. The van der Waals surface area contributed by atoms with E-state index >= 15 is 0 Å². The zero-order chi connectivity index (χ0) is 20.1. The number of amides is 1. The van der Waals surface area contributed by atoms with Crippen molar-refractivity contribution in [2.75, 3.05) is 33.3 Å². The molecule has 1 aliphatic heterocycles. The fraction of sp³-hybridized carbons (Fsp3) is 0.381. The number of carbonyl (C=O) groups is 1. The van der Waals surface area contributed by atoms with E-state index in [9.17, 15) is 4.79 Å². The van der Waals surface area contributed by atoms with Crippen LogP contribution in [0.2, 0.25) is 0 Å². The molecule has 2 aromatic heterocycles. The number of thiophene rings is 1. The molecule has 0 aliphatic carbocycles. The van der Waals surface area contributed by atoms with Gasteiger partial charge in [0.25, 0.3) is 11.8 Å². The summed E-state index contributed by atoms with van der Waals surface area (Å²) in [5.74, 6) is 1.63. The lowest BCUT2D eigenvalue weighted by atomic mass is 10.2. The number of ether oxygens (including phenoxy) is 1. The first kappa shape index (κ1) is 19.6. The van der Waals surface area contributed by atoms with E-state index in [2.05, 4.69) is 20.4 Å². The molecule has 1 saturated heterocycles. The second-order valence-corrected chi connectivity index (χ2v) is 8.06. The highest BCUT2D eigenvalue weighted by molar-refractivity contribution is 7.17. The van der Waals surface area contributed by atoms with Crippen molar-refractivity contribution >= 4 is 17.2 Å². The number of nitrogens with one attached hydrogen (secondary N) is 1. The van der Waals surface area contributed by atoms with Crippen molar-refractivity contribution in [1.82, 2.24) is 20.4 Å². The quantitative estimate of drug-likeness (QED) is 0.569. The summed E-state index contributed by atoms with van der Waals surface area (Å²) < 4.78 is 10.5. The van der Waals surface area contributed by atoms with Crippen LogP contribution in [-0.4, -0.2) is 54.2 Å². The van der Waals surface area contributed by atoms with E-state index in [1.165, 1.54) is 37.3 Å². The number of hydrogen-bond donors (Lipinski definition) is 1. The van der Waals surface area contributed by atoms with Crippen molar-refractivity contribution in [2.24, 2.45) is 0 Å². The Balaban J connectivity index is 1.33. The Bertz CT molecular complexity index is 945. The van der Waals surface area contributed by atoms with Gasteiger partial charge in [0.1, 0.15) is 5.75 Å². The highest BCUT2D eigenvalue weighted by Gasteiger charge is 2.16. The van der Waals surface area contributed by atoms with Gasteiger partial charge in [0, 0.05) is 12.1 Å². The van der Waals surface area contributed by atoms with Crippen LogP contribution in [0.4, 0.5) is 0 Å². The van der Waals surface area contributed by atoms with Crippen molar-refractivity contribution in [3.8, 4) is 27.9 Å². The summed E-state index contributed by atoms with van der Waals surface area (Å²) in [4.78, 5) is 20.7. The van der Waals surface area contributed by atoms with Gasteiger partial charge in [-0.15, -0.1) is 11.3 Å². The summed E-state index contributed by atoms with van der Waals surface area (Å²) in [7, 11) is 1.62. The van der Waals surface area contributed by atoms with Crippen LogP contribution in [-0.2, 0) is 0 Å². The van der Waals surface area contributed by atoms with Gasteiger partial charge in [0.05, 0.1) is 16.9 Å². The molecule has 0 unspecified atom stereocenters. The van der Waals surface area contributed by atoms with Gasteiger partial charge in [-0.3, -0.25) is 4.79 Å². The Morgan fingerprint density at radius 1 is 1.21 bits per heavy atom. The molecule has 1 aromatic carbocycles. The fourth-order valence-electron chi connectivity index (χ4n) is 3.35. The Hall–Kier alpha value is -2.71. The summed E-state index contributed by atoms with van der Waals surface area (Å²) in [6.45, 7) is 4.11. The van der Waals surface area contributed by atoms with Crippen LogP contribution in [0, 0.1) is 0 Å². The molecule has 1 aliphatic rings. The van der Waals surface area contributed by atoms with Crippen LogP contribution < -0.4 is 10.1 Å². The van der Waals surface area contributed by atoms with Crippen LogP contribution >= 0.6 is 11.3 Å². The summed E-state index contributed by atoms with van der Waals surface area (Å²) >= 11 is 1.36. The predicted molar refractivity (Wildman–Crippen MR) is 112 cm³/mol.